The van der Waals surface area contributed by atoms with E-state index >= 15 is 0 Å². The molecule has 1 saturated carbocycles. The summed E-state index contributed by atoms with van der Waals surface area (Å²) in [5, 5.41) is 0. The van der Waals surface area contributed by atoms with Crippen LogP contribution in [-0.2, 0) is 11.2 Å². The summed E-state index contributed by atoms with van der Waals surface area (Å²) < 4.78 is 18.5. The van der Waals surface area contributed by atoms with E-state index in [4.69, 9.17) is 14.2 Å². The van der Waals surface area contributed by atoms with Crippen molar-refractivity contribution in [2.45, 2.75) is 77.4 Å². The standard InChI is InChI=1S/C22H32O3/c1-13(2)14-10-15-16(20(24-6)19(14)23-5)12-22-9-7-8-21(3,4)18(22)11-17(15)25-22/h10,13,17-18H,7-9,11-12H2,1-6H3/t17-,18-,22-/m0/s1. The van der Waals surface area contributed by atoms with E-state index < -0.39 is 0 Å². The van der Waals surface area contributed by atoms with Gasteiger partial charge in [-0.05, 0) is 48.1 Å². The molecule has 0 aromatic heterocycles. The lowest BCUT2D eigenvalue weighted by atomic mass is 9.60. The van der Waals surface area contributed by atoms with Gasteiger partial charge in [0.2, 0.25) is 0 Å². The zero-order chi connectivity index (χ0) is 18.0. The molecule has 0 amide bonds. The molecule has 3 atom stereocenters. The van der Waals surface area contributed by atoms with Crippen molar-refractivity contribution in [3.8, 4) is 11.5 Å². The average Bonchev–Trinajstić information content (AvgIpc) is 2.88. The second-order valence-electron chi connectivity index (χ2n) is 9.23. The van der Waals surface area contributed by atoms with Gasteiger partial charge in [-0.1, -0.05) is 34.1 Å². The Bertz CT molecular complexity index is 691. The molecule has 3 aliphatic rings. The first kappa shape index (κ1) is 17.2. The fraction of sp³-hybridized carbons (Fsp3) is 0.727. The van der Waals surface area contributed by atoms with Crippen LogP contribution in [0.25, 0.3) is 0 Å². The number of ether oxygens (including phenoxy) is 3. The maximum Gasteiger partial charge on any atom is 0.164 e. The van der Waals surface area contributed by atoms with Crippen LogP contribution in [0.4, 0.5) is 0 Å². The Balaban J connectivity index is 1.88. The highest BCUT2D eigenvalue weighted by molar-refractivity contribution is 5.59. The lowest BCUT2D eigenvalue weighted by Crippen LogP contribution is -2.48. The van der Waals surface area contributed by atoms with Crippen LogP contribution in [0.5, 0.6) is 11.5 Å². The molecule has 2 heterocycles. The van der Waals surface area contributed by atoms with Crippen molar-refractivity contribution in [2.75, 3.05) is 14.2 Å². The largest absolute Gasteiger partial charge is 0.493 e. The van der Waals surface area contributed by atoms with Crippen molar-refractivity contribution in [3.63, 3.8) is 0 Å². The van der Waals surface area contributed by atoms with E-state index in [-0.39, 0.29) is 11.7 Å². The van der Waals surface area contributed by atoms with Crippen molar-refractivity contribution in [1.82, 2.24) is 0 Å². The molecule has 2 aliphatic heterocycles. The molecule has 1 aliphatic carbocycles. The van der Waals surface area contributed by atoms with Gasteiger partial charge in [-0.15, -0.1) is 0 Å². The third-order valence-corrected chi connectivity index (χ3v) is 7.08. The molecule has 1 aromatic rings. The van der Waals surface area contributed by atoms with E-state index in [0.29, 0.717) is 17.3 Å². The summed E-state index contributed by atoms with van der Waals surface area (Å²) in [6.45, 7) is 9.30. The fourth-order valence-electron chi connectivity index (χ4n) is 5.91. The van der Waals surface area contributed by atoms with E-state index in [1.165, 1.54) is 36.0 Å². The lowest BCUT2D eigenvalue weighted by molar-refractivity contribution is -0.114. The Kier molecular flexibility index (Phi) is 3.88. The second kappa shape index (κ2) is 5.64. The Labute approximate surface area is 152 Å². The van der Waals surface area contributed by atoms with Crippen LogP contribution in [0.2, 0.25) is 0 Å². The zero-order valence-corrected chi connectivity index (χ0v) is 16.6. The van der Waals surface area contributed by atoms with Crippen molar-refractivity contribution in [3.05, 3.63) is 22.8 Å². The number of hydrogen-bond donors (Lipinski definition) is 0. The molecule has 3 heteroatoms. The van der Waals surface area contributed by atoms with Crippen molar-refractivity contribution in [2.24, 2.45) is 11.3 Å². The Morgan fingerprint density at radius 2 is 1.84 bits per heavy atom. The van der Waals surface area contributed by atoms with Gasteiger partial charge in [-0.25, -0.2) is 0 Å². The molecule has 25 heavy (non-hydrogen) atoms. The smallest absolute Gasteiger partial charge is 0.164 e. The average molecular weight is 344 g/mol. The lowest BCUT2D eigenvalue weighted by Gasteiger charge is -2.49. The highest BCUT2D eigenvalue weighted by Crippen LogP contribution is 2.63. The summed E-state index contributed by atoms with van der Waals surface area (Å²) in [5.41, 5.74) is 4.26. The van der Waals surface area contributed by atoms with E-state index in [1.54, 1.807) is 14.2 Å². The van der Waals surface area contributed by atoms with Crippen LogP contribution in [-0.4, -0.2) is 19.8 Å². The van der Waals surface area contributed by atoms with Gasteiger partial charge in [0.1, 0.15) is 0 Å². The van der Waals surface area contributed by atoms with E-state index in [2.05, 4.69) is 33.8 Å². The monoisotopic (exact) mass is 344 g/mol. The molecular weight excluding hydrogens is 312 g/mol. The highest BCUT2D eigenvalue weighted by Gasteiger charge is 2.59. The molecule has 2 fully saturated rings. The van der Waals surface area contributed by atoms with Gasteiger partial charge in [0.05, 0.1) is 25.9 Å². The van der Waals surface area contributed by atoms with Crippen molar-refractivity contribution in [1.29, 1.82) is 0 Å². The topological polar surface area (TPSA) is 27.7 Å². The Morgan fingerprint density at radius 1 is 1.12 bits per heavy atom. The number of fused-ring (bicyclic) bond motifs is 3. The van der Waals surface area contributed by atoms with Gasteiger partial charge >= 0.3 is 0 Å². The normalized spacial score (nSPS) is 32.3. The van der Waals surface area contributed by atoms with E-state index in [0.717, 1.165) is 24.3 Å². The number of methoxy groups -OCH3 is 2. The summed E-state index contributed by atoms with van der Waals surface area (Å²) in [5.74, 6) is 2.88. The Morgan fingerprint density at radius 3 is 2.48 bits per heavy atom. The number of rotatable bonds is 3. The predicted molar refractivity (Wildman–Crippen MR) is 99.6 cm³/mol. The predicted octanol–water partition coefficient (Wildman–Crippen LogP) is 5.41. The van der Waals surface area contributed by atoms with E-state index in [1.807, 2.05) is 0 Å². The maximum absolute atomic E-state index is 6.76. The third-order valence-electron chi connectivity index (χ3n) is 7.08. The van der Waals surface area contributed by atoms with Crippen LogP contribution in [0.1, 0.15) is 82.1 Å². The van der Waals surface area contributed by atoms with Crippen molar-refractivity contribution >= 4 is 0 Å². The van der Waals surface area contributed by atoms with Gasteiger partial charge in [0.25, 0.3) is 0 Å². The van der Waals surface area contributed by atoms with Crippen molar-refractivity contribution < 1.29 is 14.2 Å². The first-order valence-corrected chi connectivity index (χ1v) is 9.78. The van der Waals surface area contributed by atoms with Gasteiger partial charge in [-0.2, -0.15) is 0 Å². The summed E-state index contributed by atoms with van der Waals surface area (Å²) in [6, 6.07) is 2.34. The maximum atomic E-state index is 6.76. The molecule has 1 spiro atoms. The quantitative estimate of drug-likeness (QED) is 0.734. The second-order valence-corrected chi connectivity index (χ2v) is 9.23. The van der Waals surface area contributed by atoms with Gasteiger partial charge < -0.3 is 14.2 Å². The van der Waals surface area contributed by atoms with Crippen LogP contribution in [0.3, 0.4) is 0 Å². The van der Waals surface area contributed by atoms with Gasteiger partial charge in [0.15, 0.2) is 11.5 Å². The summed E-state index contributed by atoms with van der Waals surface area (Å²) in [4.78, 5) is 0. The fourth-order valence-corrected chi connectivity index (χ4v) is 5.91. The summed E-state index contributed by atoms with van der Waals surface area (Å²) in [7, 11) is 3.54. The molecule has 138 valence electrons. The number of benzene rings is 1. The van der Waals surface area contributed by atoms with Crippen LogP contribution in [0.15, 0.2) is 6.07 Å². The van der Waals surface area contributed by atoms with Crippen LogP contribution >= 0.6 is 0 Å². The van der Waals surface area contributed by atoms with Crippen LogP contribution in [0, 0.1) is 11.3 Å². The zero-order valence-electron chi connectivity index (χ0n) is 16.6. The number of hydrogen-bond acceptors (Lipinski definition) is 3. The molecule has 4 rings (SSSR count). The minimum Gasteiger partial charge on any atom is -0.493 e. The van der Waals surface area contributed by atoms with E-state index in [9.17, 15) is 0 Å². The molecule has 0 unspecified atom stereocenters. The van der Waals surface area contributed by atoms with Crippen LogP contribution < -0.4 is 9.47 Å². The molecule has 1 aromatic carbocycles. The minimum absolute atomic E-state index is 0.00292. The summed E-state index contributed by atoms with van der Waals surface area (Å²) >= 11 is 0. The first-order valence-electron chi connectivity index (χ1n) is 9.78. The van der Waals surface area contributed by atoms with Gasteiger partial charge in [0, 0.05) is 17.5 Å². The van der Waals surface area contributed by atoms with Gasteiger partial charge in [-0.3, -0.25) is 0 Å². The molecule has 0 radical (unpaired) electrons. The molecule has 0 N–H and O–H groups in total. The minimum atomic E-state index is -0.00292. The Hall–Kier alpha value is -1.22. The molecule has 1 saturated heterocycles. The SMILES string of the molecule is COc1c(C(C)C)cc2c(c1OC)C[C@@]13CCCC(C)(C)[C@@H]1C[C@@H]2O3. The molecule has 2 bridgehead atoms. The molecular formula is C22H32O3. The third kappa shape index (κ3) is 2.34. The molecule has 3 nitrogen and oxygen atoms in total. The highest BCUT2D eigenvalue weighted by atomic mass is 16.5. The first-order chi connectivity index (χ1) is 11.8. The summed E-state index contributed by atoms with van der Waals surface area (Å²) in [6.07, 6.45) is 6.06.